The van der Waals surface area contributed by atoms with Crippen molar-refractivity contribution in [1.82, 2.24) is 5.32 Å². The van der Waals surface area contributed by atoms with Gasteiger partial charge in [0.1, 0.15) is 0 Å². The summed E-state index contributed by atoms with van der Waals surface area (Å²) in [5.74, 6) is -2.89. The number of anilines is 1. The summed E-state index contributed by atoms with van der Waals surface area (Å²) in [7, 11) is 0. The molecular weight excluding hydrogens is 276 g/mol. The van der Waals surface area contributed by atoms with Crippen LogP contribution in [0.15, 0.2) is 24.3 Å². The highest BCUT2D eigenvalue weighted by molar-refractivity contribution is 6.01. The minimum Gasteiger partial charge on any atom is -0.479 e. The fourth-order valence-corrected chi connectivity index (χ4v) is 2.10. The highest BCUT2D eigenvalue weighted by Gasteiger charge is 2.34. The van der Waals surface area contributed by atoms with Crippen molar-refractivity contribution < 1.29 is 24.6 Å². The predicted octanol–water partition coefficient (Wildman–Crippen LogP) is 0.0642. The number of aliphatic carboxylic acids is 1. The number of nitrogens with one attached hydrogen (secondary N) is 2. The molecule has 4 N–H and O–H groups in total. The third-order valence-electron chi connectivity index (χ3n) is 3.38. The highest BCUT2D eigenvalue weighted by atomic mass is 16.4. The van der Waals surface area contributed by atoms with Gasteiger partial charge in [0.25, 0.3) is 0 Å². The predicted molar refractivity (Wildman–Crippen MR) is 73.7 cm³/mol. The number of carboxylic acids is 1. The third-order valence-corrected chi connectivity index (χ3v) is 3.38. The summed E-state index contributed by atoms with van der Waals surface area (Å²) in [4.78, 5) is 34.6. The summed E-state index contributed by atoms with van der Waals surface area (Å²) < 4.78 is 0. The van der Waals surface area contributed by atoms with Gasteiger partial charge in [-0.15, -0.1) is 0 Å². The van der Waals surface area contributed by atoms with Gasteiger partial charge in [-0.25, -0.2) is 4.79 Å². The van der Waals surface area contributed by atoms with Crippen LogP contribution < -0.4 is 10.6 Å². The second kappa shape index (κ2) is 5.53. The van der Waals surface area contributed by atoms with Crippen molar-refractivity contribution >= 4 is 23.5 Å². The van der Waals surface area contributed by atoms with Gasteiger partial charge < -0.3 is 20.8 Å². The van der Waals surface area contributed by atoms with Crippen LogP contribution in [0.3, 0.4) is 0 Å². The summed E-state index contributed by atoms with van der Waals surface area (Å²) in [6, 6.07) is 6.92. The van der Waals surface area contributed by atoms with Crippen LogP contribution in [-0.2, 0) is 14.4 Å². The number of fused-ring (bicyclic) bond motifs is 1. The van der Waals surface area contributed by atoms with Crippen molar-refractivity contribution in [2.45, 2.75) is 24.9 Å². The molecule has 0 saturated heterocycles. The molecule has 1 aliphatic heterocycles. The van der Waals surface area contributed by atoms with Gasteiger partial charge in [0.05, 0.1) is 12.5 Å². The maximum atomic E-state index is 12.2. The minimum atomic E-state index is -2.05. The molecule has 2 unspecified atom stereocenters. The molecule has 1 heterocycles. The largest absolute Gasteiger partial charge is 0.479 e. The van der Waals surface area contributed by atoms with Gasteiger partial charge >= 0.3 is 5.97 Å². The maximum absolute atomic E-state index is 12.2. The first-order valence-electron chi connectivity index (χ1n) is 6.43. The Labute approximate surface area is 121 Å². The van der Waals surface area contributed by atoms with Gasteiger partial charge in [0.2, 0.25) is 11.8 Å². The first kappa shape index (κ1) is 15.0. The van der Waals surface area contributed by atoms with E-state index in [4.69, 9.17) is 5.11 Å². The lowest BCUT2D eigenvalue weighted by Gasteiger charge is -2.26. The smallest absolute Gasteiger partial charge is 0.337 e. The first-order chi connectivity index (χ1) is 9.81. The van der Waals surface area contributed by atoms with Crippen LogP contribution in [0.2, 0.25) is 0 Å². The second-order valence-corrected chi connectivity index (χ2v) is 5.19. The summed E-state index contributed by atoms with van der Waals surface area (Å²) in [5.41, 5.74) is -0.810. The van der Waals surface area contributed by atoms with Crippen molar-refractivity contribution in [3.05, 3.63) is 29.8 Å². The van der Waals surface area contributed by atoms with E-state index < -0.39 is 29.9 Å². The molecule has 1 aromatic rings. The number of carbonyl (C=O) groups excluding carboxylic acids is 2. The van der Waals surface area contributed by atoms with Gasteiger partial charge in [0, 0.05) is 12.1 Å². The molecule has 0 saturated carbocycles. The Morgan fingerprint density at radius 2 is 2.10 bits per heavy atom. The Balaban J connectivity index is 2.13. The molecule has 0 radical (unpaired) electrons. The molecule has 1 aromatic carbocycles. The Bertz CT molecular complexity index is 597. The molecule has 2 rings (SSSR count). The van der Waals surface area contributed by atoms with E-state index in [1.54, 1.807) is 24.3 Å². The molecule has 0 aliphatic carbocycles. The Hall–Kier alpha value is -2.41. The number of rotatable bonds is 4. The van der Waals surface area contributed by atoms with Gasteiger partial charge in [-0.1, -0.05) is 18.2 Å². The van der Waals surface area contributed by atoms with Crippen molar-refractivity contribution in [2.24, 2.45) is 0 Å². The van der Waals surface area contributed by atoms with Crippen LogP contribution >= 0.6 is 0 Å². The fraction of sp³-hybridized carbons (Fsp3) is 0.357. The molecule has 0 aromatic heterocycles. The van der Waals surface area contributed by atoms with Crippen molar-refractivity contribution in [3.63, 3.8) is 0 Å². The number of carboxylic acid groups (broad SMARTS) is 1. The number of para-hydroxylation sites is 1. The average molecular weight is 292 g/mol. The van der Waals surface area contributed by atoms with Gasteiger partial charge in [-0.2, -0.15) is 0 Å². The molecule has 2 atom stereocenters. The summed E-state index contributed by atoms with van der Waals surface area (Å²) in [5, 5.41) is 23.5. The van der Waals surface area contributed by atoms with Crippen molar-refractivity contribution in [2.75, 3.05) is 11.9 Å². The summed E-state index contributed by atoms with van der Waals surface area (Å²) in [6.07, 6.45) is -0.0158. The molecule has 21 heavy (non-hydrogen) atoms. The Morgan fingerprint density at radius 3 is 2.76 bits per heavy atom. The van der Waals surface area contributed by atoms with Gasteiger partial charge in [-0.3, -0.25) is 9.59 Å². The number of amides is 2. The quantitative estimate of drug-likeness (QED) is 0.626. The van der Waals surface area contributed by atoms with E-state index in [1.807, 2.05) is 0 Å². The van der Waals surface area contributed by atoms with Crippen LogP contribution in [0.1, 0.15) is 24.8 Å². The maximum Gasteiger partial charge on any atom is 0.337 e. The zero-order valence-electron chi connectivity index (χ0n) is 11.4. The van der Waals surface area contributed by atoms with E-state index in [0.29, 0.717) is 11.3 Å². The number of hydrogen-bond acceptors (Lipinski definition) is 4. The first-order valence-corrected chi connectivity index (χ1v) is 6.43. The second-order valence-electron chi connectivity index (χ2n) is 5.19. The monoisotopic (exact) mass is 292 g/mol. The topological polar surface area (TPSA) is 116 Å². The minimum absolute atomic E-state index is 0.0158. The van der Waals surface area contributed by atoms with Crippen LogP contribution in [0.4, 0.5) is 5.69 Å². The molecule has 112 valence electrons. The number of carbonyl (C=O) groups is 3. The molecule has 0 bridgehead atoms. The third kappa shape index (κ3) is 3.19. The Kier molecular flexibility index (Phi) is 3.95. The normalized spacial score (nSPS) is 19.9. The van der Waals surface area contributed by atoms with Gasteiger partial charge in [-0.05, 0) is 18.6 Å². The van der Waals surface area contributed by atoms with Crippen LogP contribution in [0, 0.1) is 0 Å². The van der Waals surface area contributed by atoms with Crippen LogP contribution in [0.25, 0.3) is 0 Å². The van der Waals surface area contributed by atoms with E-state index in [0.717, 1.165) is 6.92 Å². The number of benzene rings is 1. The standard InChI is InChI=1S/C14H16N2O5/c1-14(21,13(19)20)7-15-12(18)9-6-11(17)16-10-5-3-2-4-8(9)10/h2-5,9,21H,6-7H2,1H3,(H,15,18)(H,16,17)(H,19,20). The van der Waals surface area contributed by atoms with Crippen LogP contribution in [-0.4, -0.2) is 40.1 Å². The fourth-order valence-electron chi connectivity index (χ4n) is 2.10. The lowest BCUT2D eigenvalue weighted by atomic mass is 9.89. The molecule has 1 aliphatic rings. The molecule has 7 heteroatoms. The SMILES string of the molecule is CC(O)(CNC(=O)C1CC(=O)Nc2ccccc21)C(=O)O. The highest BCUT2D eigenvalue weighted by Crippen LogP contribution is 2.31. The van der Waals surface area contributed by atoms with E-state index in [2.05, 4.69) is 10.6 Å². The molecule has 7 nitrogen and oxygen atoms in total. The van der Waals surface area contributed by atoms with Crippen LogP contribution in [0.5, 0.6) is 0 Å². The van der Waals surface area contributed by atoms with Gasteiger partial charge in [0.15, 0.2) is 5.60 Å². The van der Waals surface area contributed by atoms with E-state index in [-0.39, 0.29) is 12.3 Å². The average Bonchev–Trinajstić information content (AvgIpc) is 2.43. The van der Waals surface area contributed by atoms with Crippen molar-refractivity contribution in [1.29, 1.82) is 0 Å². The Morgan fingerprint density at radius 1 is 1.43 bits per heavy atom. The van der Waals surface area contributed by atoms with E-state index in [9.17, 15) is 19.5 Å². The molecule has 0 fully saturated rings. The zero-order valence-corrected chi connectivity index (χ0v) is 11.4. The summed E-state index contributed by atoms with van der Waals surface area (Å²) in [6.45, 7) is 0.665. The van der Waals surface area contributed by atoms with E-state index >= 15 is 0 Å². The zero-order chi connectivity index (χ0) is 15.6. The van der Waals surface area contributed by atoms with E-state index in [1.165, 1.54) is 0 Å². The number of aliphatic hydroxyl groups is 1. The molecule has 0 spiro atoms. The lowest BCUT2D eigenvalue weighted by molar-refractivity contribution is -0.156. The summed E-state index contributed by atoms with van der Waals surface area (Å²) >= 11 is 0. The number of hydrogen-bond donors (Lipinski definition) is 4. The van der Waals surface area contributed by atoms with Crippen molar-refractivity contribution in [3.8, 4) is 0 Å². The molecular formula is C14H16N2O5. The molecule has 2 amide bonds. The lowest BCUT2D eigenvalue weighted by Crippen LogP contribution is -2.48.